The van der Waals surface area contributed by atoms with Gasteiger partial charge in [-0.25, -0.2) is 9.97 Å². The average molecular weight is 706 g/mol. The van der Waals surface area contributed by atoms with Crippen LogP contribution in [0.25, 0.3) is 76.7 Å². The number of hydrogen-bond donors (Lipinski definition) is 0. The van der Waals surface area contributed by atoms with Crippen LogP contribution in [0.2, 0.25) is 10.0 Å². The minimum Gasteiger partial charge on any atom is -0.436 e. The molecule has 0 unspecified atom stereocenters. The summed E-state index contributed by atoms with van der Waals surface area (Å²) in [5.41, 5.74) is 16.2. The SMILES string of the molecule is CC1(C)c2ccc(-c3nc4cc(-c5ccc6c(c5)C(C)(C)c5cc(-c7nc8ccccc8s7)cc(Cl)c5-6)ccc4o3)cc2-c2ccc(Cl)cc21. The van der Waals surface area contributed by atoms with Crippen molar-refractivity contribution in [3.8, 4) is 55.4 Å². The van der Waals surface area contributed by atoms with Crippen molar-refractivity contribution >= 4 is 55.9 Å². The van der Waals surface area contributed by atoms with E-state index in [1.54, 1.807) is 11.3 Å². The van der Waals surface area contributed by atoms with Crippen LogP contribution in [-0.2, 0) is 10.8 Å². The Balaban J connectivity index is 1.01. The van der Waals surface area contributed by atoms with Gasteiger partial charge in [-0.1, -0.05) is 93.4 Å². The highest BCUT2D eigenvalue weighted by Crippen LogP contribution is 2.54. The van der Waals surface area contributed by atoms with Gasteiger partial charge in [0.05, 0.1) is 10.2 Å². The maximum absolute atomic E-state index is 7.08. The molecule has 0 saturated heterocycles. The van der Waals surface area contributed by atoms with Crippen LogP contribution < -0.4 is 0 Å². The Hall–Kier alpha value is -4.74. The fourth-order valence-corrected chi connectivity index (χ4v) is 9.63. The Morgan fingerprint density at radius 2 is 1.28 bits per heavy atom. The highest BCUT2D eigenvalue weighted by atomic mass is 35.5. The molecule has 8 aromatic rings. The molecule has 2 aliphatic carbocycles. The van der Waals surface area contributed by atoms with Gasteiger partial charge < -0.3 is 4.42 Å². The number of para-hydroxylation sites is 1. The molecular weight excluding hydrogens is 675 g/mol. The van der Waals surface area contributed by atoms with E-state index in [9.17, 15) is 0 Å². The largest absolute Gasteiger partial charge is 0.436 e. The zero-order valence-electron chi connectivity index (χ0n) is 27.9. The van der Waals surface area contributed by atoms with E-state index < -0.39 is 0 Å². The third kappa shape index (κ3) is 4.29. The molecule has 0 bridgehead atoms. The van der Waals surface area contributed by atoms with Gasteiger partial charge in [0.2, 0.25) is 5.89 Å². The first-order chi connectivity index (χ1) is 24.1. The van der Waals surface area contributed by atoms with E-state index in [0.29, 0.717) is 5.89 Å². The number of benzene rings is 6. The second kappa shape index (κ2) is 10.4. The highest BCUT2D eigenvalue weighted by Gasteiger charge is 2.38. The van der Waals surface area contributed by atoms with Gasteiger partial charge in [-0.15, -0.1) is 11.3 Å². The van der Waals surface area contributed by atoms with Crippen molar-refractivity contribution in [2.45, 2.75) is 38.5 Å². The minimum atomic E-state index is -0.242. The molecule has 0 atom stereocenters. The summed E-state index contributed by atoms with van der Waals surface area (Å²) in [6.07, 6.45) is 0. The van der Waals surface area contributed by atoms with Gasteiger partial charge >= 0.3 is 0 Å². The lowest BCUT2D eigenvalue weighted by atomic mass is 9.81. The number of rotatable bonds is 3. The molecule has 0 aliphatic heterocycles. The molecule has 0 spiro atoms. The van der Waals surface area contributed by atoms with Crippen molar-refractivity contribution in [2.75, 3.05) is 0 Å². The van der Waals surface area contributed by atoms with Crippen LogP contribution in [0.5, 0.6) is 0 Å². The van der Waals surface area contributed by atoms with Gasteiger partial charge in [-0.3, -0.25) is 0 Å². The summed E-state index contributed by atoms with van der Waals surface area (Å²) in [7, 11) is 0. The van der Waals surface area contributed by atoms with Crippen LogP contribution in [0.1, 0.15) is 49.9 Å². The zero-order chi connectivity index (χ0) is 34.1. The summed E-state index contributed by atoms with van der Waals surface area (Å²) in [6.45, 7) is 9.09. The van der Waals surface area contributed by atoms with Gasteiger partial charge in [-0.2, -0.15) is 0 Å². The molecule has 242 valence electrons. The highest BCUT2D eigenvalue weighted by molar-refractivity contribution is 7.21. The molecule has 0 saturated carbocycles. The van der Waals surface area contributed by atoms with Gasteiger partial charge in [0, 0.05) is 37.6 Å². The maximum atomic E-state index is 7.08. The molecular formula is C44H30Cl2N2OS. The fourth-order valence-electron chi connectivity index (χ4n) is 8.19. The van der Waals surface area contributed by atoms with Gasteiger partial charge in [0.25, 0.3) is 0 Å². The first-order valence-electron chi connectivity index (χ1n) is 16.8. The Bertz CT molecular complexity index is 2720. The molecule has 6 heteroatoms. The summed E-state index contributed by atoms with van der Waals surface area (Å²) in [5.74, 6) is 0.615. The molecule has 0 fully saturated rings. The molecule has 0 N–H and O–H groups in total. The second-order valence-electron chi connectivity index (χ2n) is 14.5. The molecule has 50 heavy (non-hydrogen) atoms. The monoisotopic (exact) mass is 704 g/mol. The van der Waals surface area contributed by atoms with Gasteiger partial charge in [0.1, 0.15) is 10.5 Å². The quantitative estimate of drug-likeness (QED) is 0.184. The van der Waals surface area contributed by atoms with E-state index >= 15 is 0 Å². The van der Waals surface area contributed by atoms with Crippen LogP contribution in [0, 0.1) is 0 Å². The summed E-state index contributed by atoms with van der Waals surface area (Å²) >= 11 is 15.2. The standard InChI is InChI=1S/C44H30Cl2N2OS/c1-43(2)31-15-10-25(17-30(31)28-14-12-27(45)22-33(28)43)41-47-37-21-24(11-16-38(37)49-41)23-9-13-29-32(18-23)44(3,4)34-19-26(20-35(46)40(29)34)42-48-36-7-5-6-8-39(36)50-42/h5-22H,1-4H3. The van der Waals surface area contributed by atoms with E-state index in [0.717, 1.165) is 59.5 Å². The van der Waals surface area contributed by atoms with E-state index in [2.05, 4.69) is 119 Å². The third-order valence-electron chi connectivity index (χ3n) is 10.9. The number of fused-ring (bicyclic) bond motifs is 8. The molecule has 2 aliphatic rings. The van der Waals surface area contributed by atoms with E-state index in [1.807, 2.05) is 18.2 Å². The number of oxazole rings is 1. The zero-order valence-corrected chi connectivity index (χ0v) is 30.2. The van der Waals surface area contributed by atoms with Gasteiger partial charge in [-0.05, 0) is 117 Å². The number of halogens is 2. The lowest BCUT2D eigenvalue weighted by Gasteiger charge is -2.22. The fraction of sp³-hybridized carbons (Fsp3) is 0.136. The van der Waals surface area contributed by atoms with Crippen molar-refractivity contribution in [2.24, 2.45) is 0 Å². The van der Waals surface area contributed by atoms with Crippen LogP contribution in [0.4, 0.5) is 0 Å². The molecule has 2 heterocycles. The number of hydrogen-bond acceptors (Lipinski definition) is 4. The number of thiazole rings is 1. The average Bonchev–Trinajstić information content (AvgIpc) is 3.84. The molecule has 3 nitrogen and oxygen atoms in total. The molecule has 2 aromatic heterocycles. The summed E-state index contributed by atoms with van der Waals surface area (Å²) in [4.78, 5) is 9.91. The lowest BCUT2D eigenvalue weighted by Crippen LogP contribution is -2.15. The summed E-state index contributed by atoms with van der Waals surface area (Å²) < 4.78 is 7.52. The normalized spacial score (nSPS) is 14.9. The summed E-state index contributed by atoms with van der Waals surface area (Å²) in [5, 5.41) is 2.51. The predicted molar refractivity (Wildman–Crippen MR) is 209 cm³/mol. The number of aromatic nitrogens is 2. The lowest BCUT2D eigenvalue weighted by molar-refractivity contribution is 0.619. The van der Waals surface area contributed by atoms with Crippen molar-refractivity contribution in [1.29, 1.82) is 0 Å². The third-order valence-corrected chi connectivity index (χ3v) is 12.5. The van der Waals surface area contributed by atoms with Crippen LogP contribution in [0.3, 0.4) is 0 Å². The van der Waals surface area contributed by atoms with Gasteiger partial charge in [0.15, 0.2) is 5.58 Å². The maximum Gasteiger partial charge on any atom is 0.227 e. The van der Waals surface area contributed by atoms with E-state index in [-0.39, 0.29) is 10.8 Å². The van der Waals surface area contributed by atoms with Crippen molar-refractivity contribution in [3.05, 3.63) is 141 Å². The Morgan fingerprint density at radius 1 is 0.560 bits per heavy atom. The van der Waals surface area contributed by atoms with Crippen molar-refractivity contribution in [3.63, 3.8) is 0 Å². The Kier molecular flexibility index (Phi) is 6.26. The Morgan fingerprint density at radius 3 is 2.14 bits per heavy atom. The first kappa shape index (κ1) is 30.1. The molecule has 0 amide bonds. The summed E-state index contributed by atoms with van der Waals surface area (Å²) in [6, 6.07) is 38.3. The van der Waals surface area contributed by atoms with Crippen LogP contribution in [0.15, 0.2) is 114 Å². The van der Waals surface area contributed by atoms with E-state index in [1.165, 1.54) is 43.6 Å². The predicted octanol–water partition coefficient (Wildman–Crippen LogP) is 13.4. The van der Waals surface area contributed by atoms with Crippen LogP contribution >= 0.6 is 34.5 Å². The van der Waals surface area contributed by atoms with Crippen molar-refractivity contribution in [1.82, 2.24) is 9.97 Å². The molecule has 10 rings (SSSR count). The Labute approximate surface area is 304 Å². The van der Waals surface area contributed by atoms with Crippen LogP contribution in [-0.4, -0.2) is 9.97 Å². The molecule has 6 aromatic carbocycles. The van der Waals surface area contributed by atoms with Crippen molar-refractivity contribution < 1.29 is 4.42 Å². The number of nitrogens with zero attached hydrogens (tertiary/aromatic N) is 2. The smallest absolute Gasteiger partial charge is 0.227 e. The van der Waals surface area contributed by atoms with E-state index in [4.69, 9.17) is 37.6 Å². The minimum absolute atomic E-state index is 0.125. The topological polar surface area (TPSA) is 38.9 Å². The second-order valence-corrected chi connectivity index (χ2v) is 16.4. The first-order valence-corrected chi connectivity index (χ1v) is 18.3. The molecule has 0 radical (unpaired) electrons.